The van der Waals surface area contributed by atoms with E-state index in [-0.39, 0.29) is 6.03 Å². The van der Waals surface area contributed by atoms with Gasteiger partial charge in [-0.3, -0.25) is 0 Å². The predicted molar refractivity (Wildman–Crippen MR) is 78.7 cm³/mol. The predicted octanol–water partition coefficient (Wildman–Crippen LogP) is 2.02. The highest BCUT2D eigenvalue weighted by Crippen LogP contribution is 2.04. The molecule has 0 saturated heterocycles. The molecule has 1 heterocycles. The van der Waals surface area contributed by atoms with Gasteiger partial charge in [0, 0.05) is 18.8 Å². The second-order valence-electron chi connectivity index (χ2n) is 4.23. The van der Waals surface area contributed by atoms with Crippen LogP contribution in [0.15, 0.2) is 42.5 Å². The Bertz CT molecular complexity index is 541. The lowest BCUT2D eigenvalue weighted by atomic mass is 10.3. The average molecular weight is 271 g/mol. The van der Waals surface area contributed by atoms with Gasteiger partial charge in [0.15, 0.2) is 0 Å². The van der Waals surface area contributed by atoms with Gasteiger partial charge in [-0.1, -0.05) is 18.2 Å². The fourth-order valence-electron chi connectivity index (χ4n) is 1.56. The third-order valence-electron chi connectivity index (χ3n) is 2.55. The zero-order valence-corrected chi connectivity index (χ0v) is 11.3. The van der Waals surface area contributed by atoms with Crippen LogP contribution in [0.1, 0.15) is 5.69 Å². The maximum Gasteiger partial charge on any atom is 0.319 e. The van der Waals surface area contributed by atoms with E-state index in [1.807, 2.05) is 49.4 Å². The number of carbonyl (C=O) groups is 1. The zero-order valence-electron chi connectivity index (χ0n) is 11.3. The van der Waals surface area contributed by atoms with E-state index in [2.05, 4.69) is 26.1 Å². The molecule has 6 nitrogen and oxygen atoms in total. The Balaban J connectivity index is 1.66. The second kappa shape index (κ2) is 7.08. The van der Waals surface area contributed by atoms with Gasteiger partial charge in [0.1, 0.15) is 5.82 Å². The smallest absolute Gasteiger partial charge is 0.319 e. The minimum Gasteiger partial charge on any atom is -0.367 e. The molecule has 0 unspecified atom stereocenters. The molecule has 20 heavy (non-hydrogen) atoms. The molecule has 104 valence electrons. The maximum atomic E-state index is 11.6. The summed E-state index contributed by atoms with van der Waals surface area (Å²) in [5.74, 6) is 0.695. The van der Waals surface area contributed by atoms with E-state index in [1.54, 1.807) is 0 Å². The van der Waals surface area contributed by atoms with E-state index >= 15 is 0 Å². The van der Waals surface area contributed by atoms with Crippen LogP contribution in [-0.4, -0.2) is 29.3 Å². The number of nitrogens with one attached hydrogen (secondary N) is 3. The normalized spacial score (nSPS) is 9.85. The Morgan fingerprint density at radius 1 is 1.05 bits per heavy atom. The van der Waals surface area contributed by atoms with Gasteiger partial charge in [-0.15, -0.1) is 5.10 Å². The van der Waals surface area contributed by atoms with Crippen LogP contribution in [0, 0.1) is 6.92 Å². The highest BCUT2D eigenvalue weighted by Gasteiger charge is 2.00. The van der Waals surface area contributed by atoms with Gasteiger partial charge in [0.05, 0.1) is 5.69 Å². The Hall–Kier alpha value is -2.63. The van der Waals surface area contributed by atoms with E-state index in [0.29, 0.717) is 18.9 Å². The summed E-state index contributed by atoms with van der Waals surface area (Å²) in [4.78, 5) is 11.6. The van der Waals surface area contributed by atoms with E-state index in [1.165, 1.54) is 0 Å². The van der Waals surface area contributed by atoms with Crippen molar-refractivity contribution in [1.82, 2.24) is 15.5 Å². The molecule has 2 aromatic rings. The maximum absolute atomic E-state index is 11.6. The monoisotopic (exact) mass is 271 g/mol. The Morgan fingerprint density at radius 3 is 2.55 bits per heavy atom. The van der Waals surface area contributed by atoms with Gasteiger partial charge in [-0.05, 0) is 31.2 Å². The highest BCUT2D eigenvalue weighted by molar-refractivity contribution is 5.89. The van der Waals surface area contributed by atoms with Crippen LogP contribution < -0.4 is 16.0 Å². The molecule has 1 aromatic heterocycles. The van der Waals surface area contributed by atoms with Crippen molar-refractivity contribution in [2.45, 2.75) is 6.92 Å². The van der Waals surface area contributed by atoms with Crippen LogP contribution in [0.2, 0.25) is 0 Å². The summed E-state index contributed by atoms with van der Waals surface area (Å²) in [6.45, 7) is 2.96. The van der Waals surface area contributed by atoms with Crippen molar-refractivity contribution in [2.75, 3.05) is 23.7 Å². The SMILES string of the molecule is Cc1ccc(NCCNC(=O)Nc2ccccc2)nn1. The van der Waals surface area contributed by atoms with Gasteiger partial charge in [-0.25, -0.2) is 4.79 Å². The minimum atomic E-state index is -0.229. The number of hydrogen-bond acceptors (Lipinski definition) is 4. The fourth-order valence-corrected chi connectivity index (χ4v) is 1.56. The van der Waals surface area contributed by atoms with Crippen molar-refractivity contribution >= 4 is 17.5 Å². The quantitative estimate of drug-likeness (QED) is 0.727. The first kappa shape index (κ1) is 13.8. The molecule has 0 saturated carbocycles. The molecule has 0 fully saturated rings. The summed E-state index contributed by atoms with van der Waals surface area (Å²) in [6, 6.07) is 12.8. The standard InChI is InChI=1S/C14H17N5O/c1-11-7-8-13(19-18-11)15-9-10-16-14(20)17-12-5-3-2-4-6-12/h2-8H,9-10H2,1H3,(H,15,19)(H2,16,17,20). The van der Waals surface area contributed by atoms with Gasteiger partial charge >= 0.3 is 6.03 Å². The lowest BCUT2D eigenvalue weighted by Crippen LogP contribution is -2.32. The number of para-hydroxylation sites is 1. The molecule has 0 atom stereocenters. The molecule has 1 aromatic carbocycles. The van der Waals surface area contributed by atoms with Gasteiger partial charge < -0.3 is 16.0 Å². The number of benzene rings is 1. The van der Waals surface area contributed by atoms with E-state index in [9.17, 15) is 4.79 Å². The number of carbonyl (C=O) groups excluding carboxylic acids is 1. The number of hydrogen-bond donors (Lipinski definition) is 3. The fraction of sp³-hybridized carbons (Fsp3) is 0.214. The topological polar surface area (TPSA) is 78.9 Å². The molecule has 3 N–H and O–H groups in total. The molecule has 0 aliphatic heterocycles. The van der Waals surface area contributed by atoms with Crippen molar-refractivity contribution in [3.05, 3.63) is 48.2 Å². The second-order valence-corrected chi connectivity index (χ2v) is 4.23. The van der Waals surface area contributed by atoms with Gasteiger partial charge in [0.2, 0.25) is 0 Å². The molecule has 6 heteroatoms. The number of urea groups is 1. The largest absolute Gasteiger partial charge is 0.367 e. The molecule has 2 rings (SSSR count). The third kappa shape index (κ3) is 4.56. The lowest BCUT2D eigenvalue weighted by molar-refractivity contribution is 0.252. The molecule has 0 bridgehead atoms. The van der Waals surface area contributed by atoms with Crippen molar-refractivity contribution in [1.29, 1.82) is 0 Å². The van der Waals surface area contributed by atoms with Gasteiger partial charge in [-0.2, -0.15) is 5.10 Å². The Labute approximate surface area is 117 Å². The lowest BCUT2D eigenvalue weighted by Gasteiger charge is -2.08. The summed E-state index contributed by atoms with van der Waals surface area (Å²) >= 11 is 0. The van der Waals surface area contributed by atoms with Crippen molar-refractivity contribution in [3.8, 4) is 0 Å². The molecule has 0 spiro atoms. The molecular weight excluding hydrogens is 254 g/mol. The molecule has 0 aliphatic rings. The summed E-state index contributed by atoms with van der Waals surface area (Å²) in [6.07, 6.45) is 0. The summed E-state index contributed by atoms with van der Waals surface area (Å²) in [7, 11) is 0. The Kier molecular flexibility index (Phi) is 4.88. The van der Waals surface area contributed by atoms with Crippen molar-refractivity contribution in [2.24, 2.45) is 0 Å². The van der Waals surface area contributed by atoms with Crippen LogP contribution in [0.4, 0.5) is 16.3 Å². The van der Waals surface area contributed by atoms with Crippen LogP contribution in [0.25, 0.3) is 0 Å². The molecule has 2 amide bonds. The highest BCUT2D eigenvalue weighted by atomic mass is 16.2. The van der Waals surface area contributed by atoms with Crippen molar-refractivity contribution in [3.63, 3.8) is 0 Å². The summed E-state index contributed by atoms with van der Waals surface area (Å²) < 4.78 is 0. The first-order valence-electron chi connectivity index (χ1n) is 6.38. The number of amides is 2. The minimum absolute atomic E-state index is 0.229. The zero-order chi connectivity index (χ0) is 14.2. The van der Waals surface area contributed by atoms with Crippen molar-refractivity contribution < 1.29 is 4.79 Å². The number of nitrogens with zero attached hydrogens (tertiary/aromatic N) is 2. The number of aromatic nitrogens is 2. The summed E-state index contributed by atoms with van der Waals surface area (Å²) in [5, 5.41) is 16.5. The first-order chi connectivity index (χ1) is 9.74. The van der Waals surface area contributed by atoms with E-state index in [4.69, 9.17) is 0 Å². The average Bonchev–Trinajstić information content (AvgIpc) is 2.46. The Morgan fingerprint density at radius 2 is 1.85 bits per heavy atom. The number of anilines is 2. The van der Waals surface area contributed by atoms with Crippen LogP contribution in [0.5, 0.6) is 0 Å². The van der Waals surface area contributed by atoms with Crippen LogP contribution in [-0.2, 0) is 0 Å². The van der Waals surface area contributed by atoms with E-state index < -0.39 is 0 Å². The van der Waals surface area contributed by atoms with E-state index in [0.717, 1.165) is 11.4 Å². The first-order valence-corrected chi connectivity index (χ1v) is 6.38. The summed E-state index contributed by atoms with van der Waals surface area (Å²) in [5.41, 5.74) is 1.64. The molecular formula is C14H17N5O. The number of aryl methyl sites for hydroxylation is 1. The van der Waals surface area contributed by atoms with Crippen LogP contribution in [0.3, 0.4) is 0 Å². The third-order valence-corrected chi connectivity index (χ3v) is 2.55. The molecule has 0 aliphatic carbocycles. The number of rotatable bonds is 5. The van der Waals surface area contributed by atoms with Crippen LogP contribution >= 0.6 is 0 Å². The van der Waals surface area contributed by atoms with Gasteiger partial charge in [0.25, 0.3) is 0 Å². The molecule has 0 radical (unpaired) electrons.